The number of aromatic amines is 1. The van der Waals surface area contributed by atoms with Crippen molar-refractivity contribution in [2.24, 2.45) is 10.8 Å². The van der Waals surface area contributed by atoms with E-state index >= 15 is 0 Å². The van der Waals surface area contributed by atoms with Crippen molar-refractivity contribution >= 4 is 17.5 Å². The van der Waals surface area contributed by atoms with Crippen molar-refractivity contribution in [3.63, 3.8) is 0 Å². The number of H-pyrrole nitrogens is 1. The van der Waals surface area contributed by atoms with Crippen LogP contribution in [0.15, 0.2) is 23.0 Å². The summed E-state index contributed by atoms with van der Waals surface area (Å²) in [6.45, 7) is 10.6. The number of nitrogens with zero attached hydrogens (tertiary/aromatic N) is 2. The molecule has 0 aliphatic heterocycles. The summed E-state index contributed by atoms with van der Waals surface area (Å²) >= 11 is 6.39. The predicted octanol–water partition coefficient (Wildman–Crippen LogP) is 4.70. The molecule has 29 heavy (non-hydrogen) atoms. The number of nitrogens with one attached hydrogen (secondary N) is 2. The molecule has 7 heteroatoms. The van der Waals surface area contributed by atoms with Gasteiger partial charge in [0.05, 0.1) is 11.1 Å². The van der Waals surface area contributed by atoms with E-state index in [0.29, 0.717) is 28.4 Å². The molecule has 0 unspecified atom stereocenters. The highest BCUT2D eigenvalue weighted by atomic mass is 35.5. The molecule has 1 amide bonds. The van der Waals surface area contributed by atoms with Crippen LogP contribution in [-0.4, -0.2) is 20.7 Å². The first kappa shape index (κ1) is 21.6. The summed E-state index contributed by atoms with van der Waals surface area (Å²) in [6.07, 6.45) is 4.06. The minimum absolute atomic E-state index is 0.0214. The zero-order valence-corrected chi connectivity index (χ0v) is 18.7. The van der Waals surface area contributed by atoms with E-state index in [1.165, 1.54) is 0 Å². The van der Waals surface area contributed by atoms with Crippen LogP contribution in [0.25, 0.3) is 11.4 Å². The van der Waals surface area contributed by atoms with E-state index in [-0.39, 0.29) is 17.6 Å². The lowest BCUT2D eigenvalue weighted by Gasteiger charge is -2.33. The third-order valence-electron chi connectivity index (χ3n) is 5.72. The van der Waals surface area contributed by atoms with Gasteiger partial charge in [-0.15, -0.1) is 5.10 Å². The van der Waals surface area contributed by atoms with Gasteiger partial charge >= 0.3 is 5.69 Å². The first-order chi connectivity index (χ1) is 13.5. The molecule has 3 rings (SSSR count). The zero-order chi connectivity index (χ0) is 21.4. The number of hydrogen-bond donors (Lipinski definition) is 2. The number of aromatic nitrogens is 3. The minimum atomic E-state index is -0.451. The van der Waals surface area contributed by atoms with E-state index in [1.54, 1.807) is 10.7 Å². The lowest BCUT2D eigenvalue weighted by atomic mass is 9.76. The first-order valence-electron chi connectivity index (χ1n) is 10.2. The summed E-state index contributed by atoms with van der Waals surface area (Å²) in [7, 11) is 0. The zero-order valence-electron chi connectivity index (χ0n) is 17.9. The maximum absolute atomic E-state index is 12.5. The number of carbonyl (C=O) groups is 1. The largest absolute Gasteiger partial charge is 0.352 e. The van der Waals surface area contributed by atoms with Crippen LogP contribution in [0, 0.1) is 10.8 Å². The van der Waals surface area contributed by atoms with Crippen LogP contribution in [0.1, 0.15) is 71.9 Å². The van der Waals surface area contributed by atoms with Crippen molar-refractivity contribution in [2.75, 3.05) is 0 Å². The Kier molecular flexibility index (Phi) is 5.95. The van der Waals surface area contributed by atoms with Crippen molar-refractivity contribution in [2.45, 2.75) is 72.9 Å². The summed E-state index contributed by atoms with van der Waals surface area (Å²) in [5, 5.41) is 8.01. The Morgan fingerprint density at radius 1 is 1.31 bits per heavy atom. The lowest BCUT2D eigenvalue weighted by Crippen LogP contribution is -2.34. The van der Waals surface area contributed by atoms with Crippen LogP contribution < -0.4 is 11.0 Å². The number of carbonyl (C=O) groups excluding carboxylic acids is 1. The van der Waals surface area contributed by atoms with E-state index in [4.69, 9.17) is 11.6 Å². The fourth-order valence-corrected chi connectivity index (χ4v) is 3.85. The molecule has 158 valence electrons. The highest BCUT2D eigenvalue weighted by Gasteiger charge is 2.29. The molecule has 2 N–H and O–H groups in total. The number of amides is 1. The Morgan fingerprint density at radius 2 is 1.97 bits per heavy atom. The van der Waals surface area contributed by atoms with Crippen molar-refractivity contribution in [3.05, 3.63) is 39.3 Å². The molecule has 1 aromatic carbocycles. The fourth-order valence-electron chi connectivity index (χ4n) is 3.65. The second-order valence-electron chi connectivity index (χ2n) is 9.87. The Hall–Kier alpha value is -2.08. The van der Waals surface area contributed by atoms with E-state index in [0.717, 1.165) is 31.2 Å². The Balaban J connectivity index is 1.80. The normalized spacial score (nSPS) is 17.3. The summed E-state index contributed by atoms with van der Waals surface area (Å²) in [5.74, 6) is 0.445. The molecule has 1 fully saturated rings. The lowest BCUT2D eigenvalue weighted by molar-refractivity contribution is -0.128. The summed E-state index contributed by atoms with van der Waals surface area (Å²) in [4.78, 5) is 27.5. The molecule has 0 radical (unpaired) electrons. The van der Waals surface area contributed by atoms with Crippen LogP contribution in [-0.2, 0) is 11.3 Å². The van der Waals surface area contributed by atoms with E-state index in [9.17, 15) is 9.59 Å². The highest BCUT2D eigenvalue weighted by Crippen LogP contribution is 2.39. The van der Waals surface area contributed by atoms with E-state index in [1.807, 2.05) is 32.9 Å². The van der Waals surface area contributed by atoms with Crippen molar-refractivity contribution in [1.82, 2.24) is 20.1 Å². The van der Waals surface area contributed by atoms with Gasteiger partial charge in [-0.05, 0) is 48.8 Å². The second kappa shape index (κ2) is 7.98. The number of hydrogen-bond acceptors (Lipinski definition) is 3. The monoisotopic (exact) mass is 418 g/mol. The smallest absolute Gasteiger partial charge is 0.343 e. The number of halogens is 1. The Labute approximate surface area is 177 Å². The average molecular weight is 419 g/mol. The molecule has 1 aliphatic carbocycles. The third-order valence-corrected chi connectivity index (χ3v) is 6.05. The van der Waals surface area contributed by atoms with Gasteiger partial charge in [0.2, 0.25) is 5.91 Å². The van der Waals surface area contributed by atoms with Gasteiger partial charge in [0, 0.05) is 17.5 Å². The first-order valence-corrected chi connectivity index (χ1v) is 10.6. The van der Waals surface area contributed by atoms with E-state index in [2.05, 4.69) is 29.2 Å². The molecular weight excluding hydrogens is 388 g/mol. The highest BCUT2D eigenvalue weighted by molar-refractivity contribution is 6.33. The van der Waals surface area contributed by atoms with Crippen LogP contribution in [0.2, 0.25) is 5.02 Å². The fraction of sp³-hybridized carbons (Fsp3) is 0.591. The molecule has 6 nitrogen and oxygen atoms in total. The van der Waals surface area contributed by atoms with Gasteiger partial charge in [0.25, 0.3) is 0 Å². The third kappa shape index (κ3) is 5.10. The second-order valence-corrected chi connectivity index (χ2v) is 10.3. The summed E-state index contributed by atoms with van der Waals surface area (Å²) < 4.78 is 1.58. The van der Waals surface area contributed by atoms with Crippen LogP contribution in [0.3, 0.4) is 0 Å². The van der Waals surface area contributed by atoms with E-state index < -0.39 is 5.41 Å². The molecule has 1 saturated carbocycles. The number of rotatable bonds is 4. The molecule has 1 aromatic heterocycles. The Morgan fingerprint density at radius 3 is 2.59 bits per heavy atom. The molecule has 0 atom stereocenters. The van der Waals surface area contributed by atoms with Gasteiger partial charge in [-0.2, -0.15) is 0 Å². The molecule has 2 aromatic rings. The van der Waals surface area contributed by atoms with Gasteiger partial charge in [-0.3, -0.25) is 9.78 Å². The molecule has 0 spiro atoms. The van der Waals surface area contributed by atoms with Crippen LogP contribution >= 0.6 is 11.6 Å². The van der Waals surface area contributed by atoms with Crippen molar-refractivity contribution < 1.29 is 4.79 Å². The minimum Gasteiger partial charge on any atom is -0.352 e. The van der Waals surface area contributed by atoms with Gasteiger partial charge < -0.3 is 5.32 Å². The van der Waals surface area contributed by atoms with Gasteiger partial charge in [0.15, 0.2) is 5.82 Å². The van der Waals surface area contributed by atoms with Crippen LogP contribution in [0.5, 0.6) is 0 Å². The summed E-state index contributed by atoms with van der Waals surface area (Å²) in [6, 6.07) is 5.63. The van der Waals surface area contributed by atoms with Gasteiger partial charge in [-0.1, -0.05) is 52.3 Å². The molecule has 1 aliphatic rings. The Bertz CT molecular complexity index is 942. The molecule has 0 bridgehead atoms. The van der Waals surface area contributed by atoms with Gasteiger partial charge in [-0.25, -0.2) is 9.48 Å². The topological polar surface area (TPSA) is 79.8 Å². The summed E-state index contributed by atoms with van der Waals surface area (Å²) in [5.41, 5.74) is 1.24. The molecule has 0 saturated heterocycles. The maximum atomic E-state index is 12.5. The average Bonchev–Trinajstić information content (AvgIpc) is 3.01. The van der Waals surface area contributed by atoms with Crippen molar-refractivity contribution in [3.8, 4) is 11.4 Å². The van der Waals surface area contributed by atoms with Crippen LogP contribution in [0.4, 0.5) is 0 Å². The molecular formula is C22H31ClN4O2. The number of benzene rings is 1. The van der Waals surface area contributed by atoms with Gasteiger partial charge in [0.1, 0.15) is 0 Å². The maximum Gasteiger partial charge on any atom is 0.343 e. The SMILES string of the molecule is CC1(C)CCC(n2nc(-c3cc(CNC(=O)C(C)(C)C)ccc3Cl)[nH]c2=O)CC1. The standard InChI is InChI=1S/C22H31ClN4O2/c1-21(2,3)19(28)24-13-14-6-7-17(23)16(12-14)18-25-20(29)27(26-18)15-8-10-22(4,5)11-9-15/h6-7,12,15H,8-11,13H2,1-5H3,(H,24,28)(H,25,26,29). The predicted molar refractivity (Wildman–Crippen MR) is 116 cm³/mol. The molecule has 1 heterocycles. The quantitative estimate of drug-likeness (QED) is 0.755. The van der Waals surface area contributed by atoms with Crippen molar-refractivity contribution in [1.29, 1.82) is 0 Å².